The quantitative estimate of drug-likeness (QED) is 0.656. The van der Waals surface area contributed by atoms with Crippen molar-refractivity contribution in [1.82, 2.24) is 15.5 Å². The van der Waals surface area contributed by atoms with E-state index in [2.05, 4.69) is 27.8 Å². The Hall–Kier alpha value is -1.93. The molecule has 0 spiro atoms. The van der Waals surface area contributed by atoms with Crippen molar-refractivity contribution in [3.8, 4) is 0 Å². The third kappa shape index (κ3) is 6.47. The minimum Gasteiger partial charge on any atom is -0.355 e. The van der Waals surface area contributed by atoms with Crippen LogP contribution in [0.4, 0.5) is 5.13 Å². The number of thioether (sulfide) groups is 1. The Kier molecular flexibility index (Phi) is 7.87. The SMILES string of the molecule is CCSCCc1nnc(NC(=O)C(CNC(C)=O)c2ccccc2)s1. The number of carbonyl (C=O) groups is 2. The Bertz CT molecular complexity index is 691. The number of nitrogens with zero attached hydrogens (tertiary/aromatic N) is 2. The van der Waals surface area contributed by atoms with Crippen LogP contribution in [0, 0.1) is 0 Å². The van der Waals surface area contributed by atoms with Crippen LogP contribution in [-0.4, -0.2) is 40.1 Å². The smallest absolute Gasteiger partial charge is 0.235 e. The monoisotopic (exact) mass is 378 g/mol. The number of rotatable bonds is 9. The second-order valence-electron chi connectivity index (χ2n) is 5.34. The largest absolute Gasteiger partial charge is 0.355 e. The molecule has 2 rings (SSSR count). The van der Waals surface area contributed by atoms with Gasteiger partial charge in [-0.1, -0.05) is 48.6 Å². The molecule has 8 heteroatoms. The zero-order chi connectivity index (χ0) is 18.1. The van der Waals surface area contributed by atoms with Crippen LogP contribution in [0.25, 0.3) is 0 Å². The summed E-state index contributed by atoms with van der Waals surface area (Å²) in [5, 5.41) is 15.1. The Morgan fingerprint density at radius 1 is 1.24 bits per heavy atom. The molecule has 0 fully saturated rings. The predicted octanol–water partition coefficient (Wildman–Crippen LogP) is 2.69. The lowest BCUT2D eigenvalue weighted by molar-refractivity contribution is -0.119. The summed E-state index contributed by atoms with van der Waals surface area (Å²) < 4.78 is 0. The summed E-state index contributed by atoms with van der Waals surface area (Å²) in [6, 6.07) is 9.39. The highest BCUT2D eigenvalue weighted by molar-refractivity contribution is 7.99. The van der Waals surface area contributed by atoms with Crippen LogP contribution < -0.4 is 10.6 Å². The van der Waals surface area contributed by atoms with Gasteiger partial charge in [0.25, 0.3) is 0 Å². The molecule has 2 N–H and O–H groups in total. The number of nitrogens with one attached hydrogen (secondary N) is 2. The summed E-state index contributed by atoms with van der Waals surface area (Å²) >= 11 is 3.24. The summed E-state index contributed by atoms with van der Waals surface area (Å²) in [4.78, 5) is 23.9. The zero-order valence-corrected chi connectivity index (χ0v) is 16.0. The van der Waals surface area contributed by atoms with Crippen LogP contribution in [0.3, 0.4) is 0 Å². The third-order valence-electron chi connectivity index (χ3n) is 3.43. The Morgan fingerprint density at radius 2 is 2.00 bits per heavy atom. The van der Waals surface area contributed by atoms with Crippen LogP contribution in [0.1, 0.15) is 30.3 Å². The van der Waals surface area contributed by atoms with Crippen molar-refractivity contribution >= 4 is 40.0 Å². The molecular weight excluding hydrogens is 356 g/mol. The van der Waals surface area contributed by atoms with Crippen molar-refractivity contribution in [3.05, 3.63) is 40.9 Å². The van der Waals surface area contributed by atoms with E-state index in [4.69, 9.17) is 0 Å². The van der Waals surface area contributed by atoms with Gasteiger partial charge in [0.2, 0.25) is 16.9 Å². The summed E-state index contributed by atoms with van der Waals surface area (Å²) in [5.41, 5.74) is 0.845. The van der Waals surface area contributed by atoms with Gasteiger partial charge in [-0.05, 0) is 17.1 Å². The number of benzene rings is 1. The zero-order valence-electron chi connectivity index (χ0n) is 14.3. The van der Waals surface area contributed by atoms with Crippen LogP contribution in [0.2, 0.25) is 0 Å². The van der Waals surface area contributed by atoms with E-state index >= 15 is 0 Å². The van der Waals surface area contributed by atoms with E-state index in [0.29, 0.717) is 5.13 Å². The van der Waals surface area contributed by atoms with Gasteiger partial charge in [-0.3, -0.25) is 14.9 Å². The summed E-state index contributed by atoms with van der Waals surface area (Å²) in [6.45, 7) is 3.80. The van der Waals surface area contributed by atoms with Crippen molar-refractivity contribution in [3.63, 3.8) is 0 Å². The van der Waals surface area contributed by atoms with Gasteiger partial charge in [0.15, 0.2) is 0 Å². The standard InChI is InChI=1S/C17H22N4O2S2/c1-3-24-10-9-15-20-21-17(25-15)19-16(23)14(11-18-12(2)22)13-7-5-4-6-8-13/h4-8,14H,3,9-11H2,1-2H3,(H,18,22)(H,19,21,23). The predicted molar refractivity (Wildman–Crippen MR) is 103 cm³/mol. The van der Waals surface area contributed by atoms with Gasteiger partial charge in [0, 0.05) is 19.9 Å². The molecule has 0 bridgehead atoms. The highest BCUT2D eigenvalue weighted by Gasteiger charge is 2.22. The molecule has 1 heterocycles. The Morgan fingerprint density at radius 3 is 2.68 bits per heavy atom. The summed E-state index contributed by atoms with van der Waals surface area (Å²) in [5.74, 6) is 1.22. The van der Waals surface area contributed by atoms with Crippen molar-refractivity contribution in [2.75, 3.05) is 23.4 Å². The maximum atomic E-state index is 12.7. The lowest BCUT2D eigenvalue weighted by atomic mass is 9.98. The van der Waals surface area contributed by atoms with Crippen molar-refractivity contribution in [2.45, 2.75) is 26.2 Å². The molecular formula is C17H22N4O2S2. The minimum absolute atomic E-state index is 0.166. The fourth-order valence-corrected chi connectivity index (χ4v) is 3.69. The topological polar surface area (TPSA) is 84.0 Å². The molecule has 134 valence electrons. The molecule has 1 aromatic heterocycles. The maximum absolute atomic E-state index is 12.7. The molecule has 2 aromatic rings. The molecule has 25 heavy (non-hydrogen) atoms. The van der Waals surface area contributed by atoms with E-state index in [1.54, 1.807) is 0 Å². The Balaban J connectivity index is 2.02. The number of hydrogen-bond acceptors (Lipinski definition) is 6. The molecule has 0 radical (unpaired) electrons. The van der Waals surface area contributed by atoms with Crippen molar-refractivity contribution in [2.24, 2.45) is 0 Å². The normalized spacial score (nSPS) is 11.8. The molecule has 0 aliphatic rings. The van der Waals surface area contributed by atoms with E-state index < -0.39 is 5.92 Å². The number of carbonyl (C=O) groups excluding carboxylic acids is 2. The highest BCUT2D eigenvalue weighted by atomic mass is 32.2. The molecule has 0 saturated heterocycles. The molecule has 0 saturated carbocycles. The number of amides is 2. The molecule has 2 amide bonds. The summed E-state index contributed by atoms with van der Waals surface area (Å²) in [7, 11) is 0. The second kappa shape index (κ2) is 10.1. The fraction of sp³-hybridized carbons (Fsp3) is 0.412. The van der Waals surface area contributed by atoms with Crippen molar-refractivity contribution < 1.29 is 9.59 Å². The average Bonchev–Trinajstić information content (AvgIpc) is 3.03. The molecule has 1 unspecified atom stereocenters. The lowest BCUT2D eigenvalue weighted by Gasteiger charge is -2.16. The first-order valence-corrected chi connectivity index (χ1v) is 10.1. The number of hydrogen-bond donors (Lipinski definition) is 2. The molecule has 1 aromatic carbocycles. The first-order valence-electron chi connectivity index (χ1n) is 8.10. The number of anilines is 1. The van der Waals surface area contributed by atoms with Gasteiger partial charge in [-0.25, -0.2) is 0 Å². The van der Waals surface area contributed by atoms with Gasteiger partial charge in [-0.2, -0.15) is 11.8 Å². The molecule has 1 atom stereocenters. The van der Waals surface area contributed by atoms with Crippen LogP contribution in [0.15, 0.2) is 30.3 Å². The van der Waals surface area contributed by atoms with Crippen LogP contribution in [0.5, 0.6) is 0 Å². The number of aromatic nitrogens is 2. The first-order chi connectivity index (χ1) is 12.1. The van der Waals surface area contributed by atoms with E-state index in [9.17, 15) is 9.59 Å². The highest BCUT2D eigenvalue weighted by Crippen LogP contribution is 2.21. The average molecular weight is 379 g/mol. The van der Waals surface area contributed by atoms with Gasteiger partial charge < -0.3 is 5.32 Å². The maximum Gasteiger partial charge on any atom is 0.235 e. The van der Waals surface area contributed by atoms with E-state index in [0.717, 1.165) is 28.5 Å². The molecule has 6 nitrogen and oxygen atoms in total. The van der Waals surface area contributed by atoms with Crippen molar-refractivity contribution in [1.29, 1.82) is 0 Å². The van der Waals surface area contributed by atoms with E-state index in [-0.39, 0.29) is 18.4 Å². The Labute approximate surface area is 155 Å². The molecule has 0 aliphatic carbocycles. The first kappa shape index (κ1) is 19.4. The van der Waals surface area contributed by atoms with E-state index in [1.165, 1.54) is 18.3 Å². The van der Waals surface area contributed by atoms with Gasteiger partial charge in [0.1, 0.15) is 5.01 Å². The van der Waals surface area contributed by atoms with Gasteiger partial charge >= 0.3 is 0 Å². The van der Waals surface area contributed by atoms with Gasteiger partial charge in [0.05, 0.1) is 5.92 Å². The molecule has 0 aliphatic heterocycles. The minimum atomic E-state index is -0.479. The fourth-order valence-electron chi connectivity index (χ4n) is 2.19. The number of aryl methyl sites for hydroxylation is 1. The third-order valence-corrected chi connectivity index (χ3v) is 5.23. The lowest BCUT2D eigenvalue weighted by Crippen LogP contribution is -2.33. The van der Waals surface area contributed by atoms with E-state index in [1.807, 2.05) is 42.1 Å². The summed E-state index contributed by atoms with van der Waals surface area (Å²) in [6.07, 6.45) is 0.847. The van der Waals surface area contributed by atoms with Crippen LogP contribution in [-0.2, 0) is 16.0 Å². The van der Waals surface area contributed by atoms with Crippen LogP contribution >= 0.6 is 23.1 Å². The van der Waals surface area contributed by atoms with Gasteiger partial charge in [-0.15, -0.1) is 10.2 Å². The second-order valence-corrected chi connectivity index (χ2v) is 7.79.